The molecule has 0 bridgehead atoms. The standard InChI is InChI=1S/C21H28N6O2S/c1-17-6-2-3-7-18(17)27-16-22-23-21(27)30-15-20(29)26-12-10-24(11-13-26)14-19(28)25-8-4-5-9-25/h2-3,6-7,16H,4-5,8-15H2,1H3. The summed E-state index contributed by atoms with van der Waals surface area (Å²) in [5, 5.41) is 8.93. The Hall–Kier alpha value is -2.39. The van der Waals surface area contributed by atoms with Crippen LogP contribution >= 0.6 is 11.8 Å². The predicted octanol–water partition coefficient (Wildman–Crippen LogP) is 1.43. The zero-order valence-electron chi connectivity index (χ0n) is 17.4. The van der Waals surface area contributed by atoms with Crippen LogP contribution in [0.25, 0.3) is 5.69 Å². The van der Waals surface area contributed by atoms with Gasteiger partial charge in [-0.3, -0.25) is 19.1 Å². The molecule has 8 nitrogen and oxygen atoms in total. The maximum absolute atomic E-state index is 12.7. The highest BCUT2D eigenvalue weighted by atomic mass is 32.2. The molecular formula is C21H28N6O2S. The molecule has 1 aromatic carbocycles. The fourth-order valence-corrected chi connectivity index (χ4v) is 4.78. The van der Waals surface area contributed by atoms with Gasteiger partial charge in [-0.1, -0.05) is 30.0 Å². The zero-order valence-corrected chi connectivity index (χ0v) is 18.2. The Bertz CT molecular complexity index is 887. The first-order valence-electron chi connectivity index (χ1n) is 10.5. The molecule has 3 heterocycles. The lowest BCUT2D eigenvalue weighted by atomic mass is 10.2. The predicted molar refractivity (Wildman–Crippen MR) is 116 cm³/mol. The molecular weight excluding hydrogens is 400 g/mol. The van der Waals surface area contributed by atoms with Crippen LogP contribution in [0.2, 0.25) is 0 Å². The molecule has 2 aliphatic heterocycles. The normalized spacial score (nSPS) is 17.5. The van der Waals surface area contributed by atoms with Gasteiger partial charge >= 0.3 is 0 Å². The summed E-state index contributed by atoms with van der Waals surface area (Å²) in [6.45, 7) is 7.11. The van der Waals surface area contributed by atoms with E-state index in [9.17, 15) is 9.59 Å². The lowest BCUT2D eigenvalue weighted by Gasteiger charge is -2.35. The second kappa shape index (κ2) is 9.61. The van der Waals surface area contributed by atoms with Crippen molar-refractivity contribution in [1.29, 1.82) is 0 Å². The second-order valence-corrected chi connectivity index (χ2v) is 8.75. The van der Waals surface area contributed by atoms with Crippen LogP contribution in [0, 0.1) is 6.92 Å². The lowest BCUT2D eigenvalue weighted by molar-refractivity contribution is -0.133. The van der Waals surface area contributed by atoms with Crippen molar-refractivity contribution in [2.24, 2.45) is 0 Å². The Kier molecular flexibility index (Phi) is 6.69. The number of nitrogens with zero attached hydrogens (tertiary/aromatic N) is 6. The van der Waals surface area contributed by atoms with E-state index in [2.05, 4.69) is 15.1 Å². The highest BCUT2D eigenvalue weighted by Crippen LogP contribution is 2.22. The van der Waals surface area contributed by atoms with Crippen molar-refractivity contribution < 1.29 is 9.59 Å². The molecule has 0 saturated carbocycles. The van der Waals surface area contributed by atoms with Crippen LogP contribution in [0.4, 0.5) is 0 Å². The second-order valence-electron chi connectivity index (χ2n) is 7.80. The molecule has 9 heteroatoms. The molecule has 0 aliphatic carbocycles. The molecule has 0 radical (unpaired) electrons. The number of amides is 2. The molecule has 0 N–H and O–H groups in total. The third-order valence-corrected chi connectivity index (χ3v) is 6.69. The Morgan fingerprint density at radius 2 is 1.67 bits per heavy atom. The highest BCUT2D eigenvalue weighted by molar-refractivity contribution is 7.99. The molecule has 4 rings (SSSR count). The smallest absolute Gasteiger partial charge is 0.236 e. The molecule has 2 fully saturated rings. The number of thioether (sulfide) groups is 1. The van der Waals surface area contributed by atoms with Crippen molar-refractivity contribution in [3.05, 3.63) is 36.2 Å². The minimum atomic E-state index is 0.102. The average molecular weight is 429 g/mol. The largest absolute Gasteiger partial charge is 0.342 e. The monoisotopic (exact) mass is 428 g/mol. The molecule has 2 amide bonds. The third kappa shape index (κ3) is 4.84. The summed E-state index contributed by atoms with van der Waals surface area (Å²) in [6.07, 6.45) is 3.91. The number of hydrogen-bond acceptors (Lipinski definition) is 6. The molecule has 2 aliphatic rings. The third-order valence-electron chi connectivity index (χ3n) is 5.76. The summed E-state index contributed by atoms with van der Waals surface area (Å²) in [5.41, 5.74) is 2.15. The highest BCUT2D eigenvalue weighted by Gasteiger charge is 2.25. The van der Waals surface area contributed by atoms with Gasteiger partial charge in [0.05, 0.1) is 18.0 Å². The van der Waals surface area contributed by atoms with Gasteiger partial charge in [0, 0.05) is 39.3 Å². The summed E-state index contributed by atoms with van der Waals surface area (Å²) in [5.74, 6) is 0.653. The molecule has 160 valence electrons. The van der Waals surface area contributed by atoms with Gasteiger partial charge in [0.2, 0.25) is 11.8 Å². The van der Waals surface area contributed by atoms with E-state index < -0.39 is 0 Å². The maximum atomic E-state index is 12.7. The van der Waals surface area contributed by atoms with Crippen LogP contribution in [0.3, 0.4) is 0 Å². The molecule has 0 atom stereocenters. The van der Waals surface area contributed by atoms with E-state index in [0.717, 1.165) is 50.3 Å². The van der Waals surface area contributed by atoms with Gasteiger partial charge in [0.1, 0.15) is 6.33 Å². The van der Waals surface area contributed by atoms with Gasteiger partial charge in [0.15, 0.2) is 5.16 Å². The van der Waals surface area contributed by atoms with Crippen LogP contribution < -0.4 is 0 Å². The van der Waals surface area contributed by atoms with Gasteiger partial charge in [-0.15, -0.1) is 10.2 Å². The van der Waals surface area contributed by atoms with Crippen molar-refractivity contribution in [3.63, 3.8) is 0 Å². The van der Waals surface area contributed by atoms with Crippen LogP contribution in [0.5, 0.6) is 0 Å². The number of piperazine rings is 1. The van der Waals surface area contributed by atoms with E-state index >= 15 is 0 Å². The Morgan fingerprint density at radius 3 is 2.40 bits per heavy atom. The average Bonchev–Trinajstić information content (AvgIpc) is 3.45. The fraction of sp³-hybridized carbons (Fsp3) is 0.524. The van der Waals surface area contributed by atoms with Crippen molar-refractivity contribution in [1.82, 2.24) is 29.5 Å². The number of para-hydroxylation sites is 1. The van der Waals surface area contributed by atoms with E-state index in [1.165, 1.54) is 11.8 Å². The van der Waals surface area contributed by atoms with Crippen molar-refractivity contribution >= 4 is 23.6 Å². The first-order valence-corrected chi connectivity index (χ1v) is 11.5. The van der Waals surface area contributed by atoms with E-state index in [0.29, 0.717) is 30.5 Å². The molecule has 0 unspecified atom stereocenters. The first kappa shape index (κ1) is 20.9. The van der Waals surface area contributed by atoms with E-state index in [1.807, 2.05) is 45.6 Å². The Morgan fingerprint density at radius 1 is 0.967 bits per heavy atom. The maximum Gasteiger partial charge on any atom is 0.236 e. The lowest BCUT2D eigenvalue weighted by Crippen LogP contribution is -2.51. The minimum absolute atomic E-state index is 0.102. The van der Waals surface area contributed by atoms with Crippen molar-refractivity contribution in [2.75, 3.05) is 51.6 Å². The quantitative estimate of drug-likeness (QED) is 0.648. The SMILES string of the molecule is Cc1ccccc1-n1cnnc1SCC(=O)N1CCN(CC(=O)N2CCCC2)CC1. The molecule has 1 aromatic heterocycles. The van der Waals surface area contributed by atoms with Crippen LogP contribution in [-0.2, 0) is 9.59 Å². The number of carbonyl (C=O) groups excluding carboxylic acids is 2. The van der Waals surface area contributed by atoms with Gasteiger partial charge in [-0.05, 0) is 31.4 Å². The number of rotatable bonds is 6. The zero-order chi connectivity index (χ0) is 20.9. The van der Waals surface area contributed by atoms with Crippen LogP contribution in [-0.4, -0.2) is 92.8 Å². The number of likely N-dealkylation sites (tertiary alicyclic amines) is 1. The van der Waals surface area contributed by atoms with Gasteiger partial charge in [0.25, 0.3) is 0 Å². The summed E-state index contributed by atoms with van der Waals surface area (Å²) in [6, 6.07) is 8.05. The van der Waals surface area contributed by atoms with Gasteiger partial charge in [-0.25, -0.2) is 0 Å². The topological polar surface area (TPSA) is 74.6 Å². The molecule has 30 heavy (non-hydrogen) atoms. The summed E-state index contributed by atoms with van der Waals surface area (Å²) in [4.78, 5) is 31.0. The Balaban J connectivity index is 1.26. The van der Waals surface area contributed by atoms with Gasteiger partial charge < -0.3 is 9.80 Å². The molecule has 0 spiro atoms. The number of carbonyl (C=O) groups is 2. The van der Waals surface area contributed by atoms with E-state index in [1.54, 1.807) is 6.33 Å². The van der Waals surface area contributed by atoms with Crippen LogP contribution in [0.15, 0.2) is 35.7 Å². The number of hydrogen-bond donors (Lipinski definition) is 0. The van der Waals surface area contributed by atoms with Crippen molar-refractivity contribution in [2.45, 2.75) is 24.9 Å². The minimum Gasteiger partial charge on any atom is -0.342 e. The molecule has 2 saturated heterocycles. The van der Waals surface area contributed by atoms with E-state index in [-0.39, 0.29) is 11.8 Å². The Labute approximate surface area is 181 Å². The summed E-state index contributed by atoms with van der Waals surface area (Å²) >= 11 is 1.41. The number of aryl methyl sites for hydroxylation is 1. The first-order chi connectivity index (χ1) is 14.6. The summed E-state index contributed by atoms with van der Waals surface area (Å²) < 4.78 is 1.93. The number of benzene rings is 1. The van der Waals surface area contributed by atoms with Gasteiger partial charge in [-0.2, -0.15) is 0 Å². The van der Waals surface area contributed by atoms with E-state index in [4.69, 9.17) is 0 Å². The van der Waals surface area contributed by atoms with Crippen LogP contribution in [0.1, 0.15) is 18.4 Å². The van der Waals surface area contributed by atoms with Crippen molar-refractivity contribution in [3.8, 4) is 5.69 Å². The fourth-order valence-electron chi connectivity index (χ4n) is 3.95. The summed E-state index contributed by atoms with van der Waals surface area (Å²) in [7, 11) is 0. The number of aromatic nitrogens is 3. The molecule has 2 aromatic rings.